The lowest BCUT2D eigenvalue weighted by molar-refractivity contribution is 0.150. The van der Waals surface area contributed by atoms with Crippen LogP contribution >= 0.6 is 11.6 Å². The average Bonchev–Trinajstić information content (AvgIpc) is 2.99. The Morgan fingerprint density at radius 2 is 1.26 bits per heavy atom. The molecule has 0 unspecified atom stereocenters. The summed E-state index contributed by atoms with van der Waals surface area (Å²) in [6.45, 7) is 7.47. The van der Waals surface area contributed by atoms with Gasteiger partial charge in [0.15, 0.2) is 0 Å². The molecule has 4 aromatic rings. The van der Waals surface area contributed by atoms with Gasteiger partial charge in [0.05, 0.1) is 0 Å². The minimum Gasteiger partial charge on any atom is -0.316 e. The van der Waals surface area contributed by atoms with E-state index >= 15 is 0 Å². The lowest BCUT2D eigenvalue weighted by atomic mass is 9.67. The van der Waals surface area contributed by atoms with E-state index in [2.05, 4.69) is 120 Å². The molecule has 1 heterocycles. The third-order valence-corrected chi connectivity index (χ3v) is 8.91. The summed E-state index contributed by atoms with van der Waals surface area (Å²) < 4.78 is 0. The molecule has 0 aliphatic carbocycles. The van der Waals surface area contributed by atoms with Crippen LogP contribution in [-0.4, -0.2) is 37.6 Å². The van der Waals surface area contributed by atoms with Crippen molar-refractivity contribution in [3.8, 4) is 0 Å². The van der Waals surface area contributed by atoms with Crippen molar-refractivity contribution in [3.63, 3.8) is 0 Å². The van der Waals surface area contributed by atoms with Gasteiger partial charge in [-0.3, -0.25) is 0 Å². The molecule has 2 nitrogen and oxygen atoms in total. The molecule has 5 rings (SSSR count). The monoisotopic (exact) mass is 522 g/mol. The highest BCUT2D eigenvalue weighted by Gasteiger charge is 2.40. The summed E-state index contributed by atoms with van der Waals surface area (Å²) in [7, 11) is 0. The molecule has 1 aliphatic rings. The highest BCUT2D eigenvalue weighted by molar-refractivity contribution is 6.31. The van der Waals surface area contributed by atoms with E-state index in [4.69, 9.17) is 11.6 Å². The van der Waals surface area contributed by atoms with Gasteiger partial charge in [0.25, 0.3) is 0 Å². The van der Waals surface area contributed by atoms with Crippen LogP contribution in [0.5, 0.6) is 0 Å². The number of likely N-dealkylation sites (tertiary alicyclic amines) is 1. The number of halogens is 1. The molecule has 3 heteroatoms. The summed E-state index contributed by atoms with van der Waals surface area (Å²) in [4.78, 5) is 2.67. The second-order valence-corrected chi connectivity index (χ2v) is 11.0. The topological polar surface area (TPSA) is 15.3 Å². The first-order chi connectivity index (χ1) is 18.7. The molecule has 0 saturated carbocycles. The Labute approximate surface area is 233 Å². The number of nitrogens with zero attached hydrogens (tertiary/aromatic N) is 1. The number of likely N-dealkylation sites (N-methyl/N-ethyl adjacent to an activating group) is 1. The second kappa shape index (κ2) is 12.3. The summed E-state index contributed by atoms with van der Waals surface area (Å²) in [6, 6.07) is 41.4. The van der Waals surface area contributed by atoms with E-state index in [1.165, 1.54) is 35.1 Å². The molecule has 1 saturated heterocycles. The van der Waals surface area contributed by atoms with Crippen LogP contribution in [-0.2, 0) is 10.8 Å². The van der Waals surface area contributed by atoms with Gasteiger partial charge >= 0.3 is 0 Å². The van der Waals surface area contributed by atoms with E-state index < -0.39 is 0 Å². The van der Waals surface area contributed by atoms with E-state index in [0.29, 0.717) is 0 Å². The fraction of sp³-hybridized carbons (Fsp3) is 0.314. The van der Waals surface area contributed by atoms with Gasteiger partial charge in [-0.1, -0.05) is 128 Å². The van der Waals surface area contributed by atoms with Gasteiger partial charge in [-0.2, -0.15) is 0 Å². The molecule has 0 atom stereocenters. The van der Waals surface area contributed by atoms with Gasteiger partial charge in [0.2, 0.25) is 0 Å². The minimum absolute atomic E-state index is 0.201. The Morgan fingerprint density at radius 3 is 1.82 bits per heavy atom. The van der Waals surface area contributed by atoms with Crippen LogP contribution in [0.2, 0.25) is 5.02 Å². The van der Waals surface area contributed by atoms with E-state index in [1.54, 1.807) is 0 Å². The summed E-state index contributed by atoms with van der Waals surface area (Å²) >= 11 is 6.96. The van der Waals surface area contributed by atoms with Crippen molar-refractivity contribution < 1.29 is 0 Å². The Hall–Kier alpha value is -2.91. The van der Waals surface area contributed by atoms with Crippen molar-refractivity contribution in [2.45, 2.75) is 37.0 Å². The molecule has 196 valence electrons. The maximum Gasteiger partial charge on any atom is 0.0478 e. The van der Waals surface area contributed by atoms with E-state index in [9.17, 15) is 0 Å². The van der Waals surface area contributed by atoms with Crippen molar-refractivity contribution in [1.82, 2.24) is 10.2 Å². The smallest absolute Gasteiger partial charge is 0.0478 e. The third-order valence-electron chi connectivity index (χ3n) is 8.58. The van der Waals surface area contributed by atoms with Crippen molar-refractivity contribution >= 4 is 11.6 Å². The fourth-order valence-corrected chi connectivity index (χ4v) is 6.70. The van der Waals surface area contributed by atoms with Gasteiger partial charge in [-0.15, -0.1) is 0 Å². The van der Waals surface area contributed by atoms with Crippen molar-refractivity contribution in [1.29, 1.82) is 0 Å². The molecule has 0 bridgehead atoms. The zero-order chi connectivity index (χ0) is 26.3. The Balaban J connectivity index is 1.45. The van der Waals surface area contributed by atoms with Crippen molar-refractivity contribution in [3.05, 3.63) is 143 Å². The standard InChI is InChI=1S/C35H39ClN2/c1-2-37-28-34(29-14-6-3-7-15-29)22-25-38(26-23-34)27-24-35(30-16-8-4-9-17-30,31-18-10-5-11-19-31)32-20-12-13-21-33(32)36/h3-21,37H,2,22-28H2,1H3. The molecule has 0 aromatic heterocycles. The first-order valence-electron chi connectivity index (χ1n) is 14.0. The fourth-order valence-electron chi connectivity index (χ4n) is 6.41. The average molecular weight is 523 g/mol. The van der Waals surface area contributed by atoms with E-state index in [1.807, 2.05) is 12.1 Å². The Kier molecular flexibility index (Phi) is 8.64. The predicted molar refractivity (Wildman–Crippen MR) is 161 cm³/mol. The minimum atomic E-state index is -0.321. The molecule has 38 heavy (non-hydrogen) atoms. The van der Waals surface area contributed by atoms with Crippen LogP contribution in [0.25, 0.3) is 0 Å². The molecule has 1 N–H and O–H groups in total. The van der Waals surface area contributed by atoms with Crippen LogP contribution in [0.3, 0.4) is 0 Å². The second-order valence-electron chi connectivity index (χ2n) is 10.6. The summed E-state index contributed by atoms with van der Waals surface area (Å²) in [6.07, 6.45) is 3.30. The normalized spacial score (nSPS) is 15.8. The number of nitrogens with one attached hydrogen (secondary N) is 1. The molecule has 0 spiro atoms. The first kappa shape index (κ1) is 26.7. The molecular formula is C35H39ClN2. The number of hydrogen-bond acceptors (Lipinski definition) is 2. The quantitative estimate of drug-likeness (QED) is 0.214. The van der Waals surface area contributed by atoms with Crippen molar-refractivity contribution in [2.75, 3.05) is 32.7 Å². The largest absolute Gasteiger partial charge is 0.316 e. The van der Waals surface area contributed by atoms with Crippen LogP contribution in [0.15, 0.2) is 115 Å². The zero-order valence-corrected chi connectivity index (χ0v) is 23.2. The summed E-state index contributed by atoms with van der Waals surface area (Å²) in [5.74, 6) is 0. The number of hydrogen-bond donors (Lipinski definition) is 1. The maximum atomic E-state index is 6.96. The molecule has 0 amide bonds. The lowest BCUT2D eigenvalue weighted by Crippen LogP contribution is -2.49. The molecule has 1 fully saturated rings. The van der Waals surface area contributed by atoms with Gasteiger partial charge in [0.1, 0.15) is 0 Å². The number of rotatable bonds is 10. The Bertz CT molecular complexity index is 1230. The molecular weight excluding hydrogens is 484 g/mol. The van der Waals surface area contributed by atoms with Crippen LogP contribution in [0.4, 0.5) is 0 Å². The molecule has 4 aromatic carbocycles. The predicted octanol–water partition coefficient (Wildman–Crippen LogP) is 7.71. The lowest BCUT2D eigenvalue weighted by Gasteiger charge is -2.44. The van der Waals surface area contributed by atoms with Crippen LogP contribution in [0, 0.1) is 0 Å². The van der Waals surface area contributed by atoms with Crippen LogP contribution < -0.4 is 5.32 Å². The molecule has 0 radical (unpaired) electrons. The highest BCUT2D eigenvalue weighted by atomic mass is 35.5. The van der Waals surface area contributed by atoms with E-state index in [-0.39, 0.29) is 10.8 Å². The first-order valence-corrected chi connectivity index (χ1v) is 14.4. The zero-order valence-electron chi connectivity index (χ0n) is 22.5. The van der Waals surface area contributed by atoms with Gasteiger partial charge in [-0.25, -0.2) is 0 Å². The van der Waals surface area contributed by atoms with Crippen molar-refractivity contribution in [2.24, 2.45) is 0 Å². The number of piperidine rings is 1. The maximum absolute atomic E-state index is 6.96. The van der Waals surface area contributed by atoms with Gasteiger partial charge in [-0.05, 0) is 73.8 Å². The highest BCUT2D eigenvalue weighted by Crippen LogP contribution is 2.45. The molecule has 1 aliphatic heterocycles. The van der Waals surface area contributed by atoms with Gasteiger partial charge in [0, 0.05) is 22.4 Å². The summed E-state index contributed by atoms with van der Waals surface area (Å²) in [5.41, 5.74) is 5.12. The van der Waals surface area contributed by atoms with Crippen LogP contribution in [0.1, 0.15) is 48.4 Å². The van der Waals surface area contributed by atoms with E-state index in [0.717, 1.165) is 44.2 Å². The third kappa shape index (κ3) is 5.45. The Morgan fingerprint density at radius 1 is 0.737 bits per heavy atom. The van der Waals surface area contributed by atoms with Gasteiger partial charge < -0.3 is 10.2 Å². The number of benzene rings is 4. The SMILES string of the molecule is CCNCC1(c2ccccc2)CCN(CCC(c2ccccc2)(c2ccccc2)c2ccccc2Cl)CC1. The summed E-state index contributed by atoms with van der Waals surface area (Å²) in [5, 5.41) is 4.49.